The van der Waals surface area contributed by atoms with E-state index in [1.165, 1.54) is 0 Å². The molecule has 0 spiro atoms. The maximum absolute atomic E-state index is 13.5. The minimum Gasteiger partial charge on any atom is -0.381 e. The fourth-order valence-electron chi connectivity index (χ4n) is 3.94. The largest absolute Gasteiger partial charge is 0.381 e. The lowest BCUT2D eigenvalue weighted by Gasteiger charge is -2.36. The molecule has 2 amide bonds. The predicted molar refractivity (Wildman–Crippen MR) is 119 cm³/mol. The van der Waals surface area contributed by atoms with Crippen LogP contribution in [0.3, 0.4) is 0 Å². The average Bonchev–Trinajstić information content (AvgIpc) is 2.84. The number of pyridine rings is 1. The molecule has 0 atom stereocenters. The Morgan fingerprint density at radius 1 is 0.935 bits per heavy atom. The third kappa shape index (κ3) is 4.64. The summed E-state index contributed by atoms with van der Waals surface area (Å²) in [6, 6.07) is 20.6. The SMILES string of the molecule is O=C(NCc1cccnc1)c1ccccc1NC(=O)C1(c2ccccc2)CCOCC1. The molecular weight excluding hydrogens is 390 g/mol. The minimum atomic E-state index is -0.682. The zero-order valence-electron chi connectivity index (χ0n) is 17.2. The van der Waals surface area contributed by atoms with Crippen LogP contribution in [0.4, 0.5) is 5.69 Å². The van der Waals surface area contributed by atoms with Crippen molar-refractivity contribution >= 4 is 17.5 Å². The summed E-state index contributed by atoms with van der Waals surface area (Å²) in [6.45, 7) is 1.41. The van der Waals surface area contributed by atoms with Crippen molar-refractivity contribution in [1.29, 1.82) is 0 Å². The molecule has 2 heterocycles. The molecule has 3 aromatic rings. The molecule has 6 heteroatoms. The van der Waals surface area contributed by atoms with Gasteiger partial charge in [0.15, 0.2) is 0 Å². The monoisotopic (exact) mass is 415 g/mol. The van der Waals surface area contributed by atoms with E-state index >= 15 is 0 Å². The number of nitrogens with zero attached hydrogens (tertiary/aromatic N) is 1. The Bertz CT molecular complexity index is 1030. The molecule has 158 valence electrons. The Hall–Kier alpha value is -3.51. The van der Waals surface area contributed by atoms with Crippen molar-refractivity contribution < 1.29 is 14.3 Å². The number of hydrogen-bond acceptors (Lipinski definition) is 4. The van der Waals surface area contributed by atoms with Crippen molar-refractivity contribution in [1.82, 2.24) is 10.3 Å². The van der Waals surface area contributed by atoms with Crippen LogP contribution in [0, 0.1) is 0 Å². The summed E-state index contributed by atoms with van der Waals surface area (Å²) in [6.07, 6.45) is 4.59. The molecule has 31 heavy (non-hydrogen) atoms. The fraction of sp³-hybridized carbons (Fsp3) is 0.240. The zero-order chi connectivity index (χ0) is 21.5. The Morgan fingerprint density at radius 2 is 1.68 bits per heavy atom. The average molecular weight is 415 g/mol. The van der Waals surface area contributed by atoms with Crippen molar-refractivity contribution in [2.45, 2.75) is 24.8 Å². The summed E-state index contributed by atoms with van der Waals surface area (Å²) >= 11 is 0. The van der Waals surface area contributed by atoms with Crippen LogP contribution in [0.2, 0.25) is 0 Å². The second-order valence-electron chi connectivity index (χ2n) is 7.60. The van der Waals surface area contributed by atoms with E-state index in [0.717, 1.165) is 11.1 Å². The van der Waals surface area contributed by atoms with Gasteiger partial charge in [-0.25, -0.2) is 0 Å². The van der Waals surface area contributed by atoms with E-state index in [9.17, 15) is 9.59 Å². The van der Waals surface area contributed by atoms with Crippen molar-refractivity contribution in [3.63, 3.8) is 0 Å². The summed E-state index contributed by atoms with van der Waals surface area (Å²) in [5, 5.41) is 5.93. The van der Waals surface area contributed by atoms with Crippen LogP contribution < -0.4 is 10.6 Å². The minimum absolute atomic E-state index is 0.116. The fourth-order valence-corrected chi connectivity index (χ4v) is 3.94. The lowest BCUT2D eigenvalue weighted by molar-refractivity contribution is -0.125. The van der Waals surface area contributed by atoms with E-state index in [1.807, 2.05) is 48.5 Å². The van der Waals surface area contributed by atoms with E-state index < -0.39 is 5.41 Å². The summed E-state index contributed by atoms with van der Waals surface area (Å²) in [5.74, 6) is -0.366. The van der Waals surface area contributed by atoms with Crippen LogP contribution in [0.15, 0.2) is 79.1 Å². The van der Waals surface area contributed by atoms with Crippen LogP contribution in [0.5, 0.6) is 0 Å². The van der Waals surface area contributed by atoms with E-state index in [4.69, 9.17) is 4.74 Å². The number of ether oxygens (including phenoxy) is 1. The van der Waals surface area contributed by atoms with Gasteiger partial charge in [0.2, 0.25) is 5.91 Å². The number of rotatable bonds is 6. The molecule has 0 saturated carbocycles. The summed E-state index contributed by atoms with van der Waals surface area (Å²) in [7, 11) is 0. The second-order valence-corrected chi connectivity index (χ2v) is 7.60. The van der Waals surface area contributed by atoms with Crippen molar-refractivity contribution in [3.8, 4) is 0 Å². The molecule has 2 N–H and O–H groups in total. The van der Waals surface area contributed by atoms with Crippen LogP contribution in [0.1, 0.15) is 34.3 Å². The summed E-state index contributed by atoms with van der Waals surface area (Å²) in [4.78, 5) is 30.4. The molecule has 1 fully saturated rings. The van der Waals surface area contributed by atoms with E-state index in [2.05, 4.69) is 15.6 Å². The number of carbonyl (C=O) groups excluding carboxylic acids is 2. The van der Waals surface area contributed by atoms with Crippen LogP contribution in [0.25, 0.3) is 0 Å². The second kappa shape index (κ2) is 9.53. The van der Waals surface area contributed by atoms with E-state index in [0.29, 0.717) is 43.9 Å². The van der Waals surface area contributed by atoms with Gasteiger partial charge in [-0.3, -0.25) is 14.6 Å². The van der Waals surface area contributed by atoms with E-state index in [1.54, 1.807) is 30.6 Å². The maximum Gasteiger partial charge on any atom is 0.253 e. The highest BCUT2D eigenvalue weighted by Gasteiger charge is 2.41. The van der Waals surface area contributed by atoms with Crippen LogP contribution >= 0.6 is 0 Å². The van der Waals surface area contributed by atoms with E-state index in [-0.39, 0.29) is 11.8 Å². The summed E-state index contributed by atoms with van der Waals surface area (Å²) < 4.78 is 5.53. The number of benzene rings is 2. The third-order valence-corrected chi connectivity index (χ3v) is 5.70. The van der Waals surface area contributed by atoms with Gasteiger partial charge in [-0.05, 0) is 42.2 Å². The van der Waals surface area contributed by atoms with Gasteiger partial charge in [-0.1, -0.05) is 48.5 Å². The standard InChI is InChI=1S/C25H25N3O3/c29-23(27-18-19-7-6-14-26-17-19)21-10-4-5-11-22(21)28-24(30)25(12-15-31-16-13-25)20-8-2-1-3-9-20/h1-11,14,17H,12-13,15-16,18H2,(H,27,29)(H,28,30). The van der Waals surface area contributed by atoms with Gasteiger partial charge in [0.25, 0.3) is 5.91 Å². The third-order valence-electron chi connectivity index (χ3n) is 5.70. The lowest BCUT2D eigenvalue weighted by atomic mass is 9.73. The highest BCUT2D eigenvalue weighted by atomic mass is 16.5. The molecule has 6 nitrogen and oxygen atoms in total. The summed E-state index contributed by atoms with van der Waals surface area (Å²) in [5.41, 5.74) is 2.11. The van der Waals surface area contributed by atoms with Crippen LogP contribution in [-0.4, -0.2) is 30.0 Å². The van der Waals surface area contributed by atoms with Gasteiger partial charge in [-0.2, -0.15) is 0 Å². The Kier molecular flexibility index (Phi) is 6.38. The quantitative estimate of drug-likeness (QED) is 0.643. The first-order valence-corrected chi connectivity index (χ1v) is 10.4. The normalized spacial score (nSPS) is 15.1. The van der Waals surface area contributed by atoms with Gasteiger partial charge >= 0.3 is 0 Å². The maximum atomic E-state index is 13.5. The Balaban J connectivity index is 1.54. The highest BCUT2D eigenvalue weighted by Crippen LogP contribution is 2.36. The van der Waals surface area contributed by atoms with Gasteiger partial charge in [-0.15, -0.1) is 0 Å². The van der Waals surface area contributed by atoms with Gasteiger partial charge < -0.3 is 15.4 Å². The molecule has 2 aromatic carbocycles. The lowest BCUT2D eigenvalue weighted by Crippen LogP contribution is -2.45. The molecule has 0 unspecified atom stereocenters. The van der Waals surface area contributed by atoms with Crippen molar-refractivity contribution in [2.75, 3.05) is 18.5 Å². The van der Waals surface area contributed by atoms with Gasteiger partial charge in [0.05, 0.1) is 16.7 Å². The molecular formula is C25H25N3O3. The Morgan fingerprint density at radius 3 is 2.42 bits per heavy atom. The molecule has 1 aliphatic heterocycles. The number of amides is 2. The number of nitrogens with one attached hydrogen (secondary N) is 2. The van der Waals surface area contributed by atoms with Gasteiger partial charge in [0.1, 0.15) is 0 Å². The first-order chi connectivity index (χ1) is 15.2. The molecule has 1 aromatic heterocycles. The number of aromatic nitrogens is 1. The van der Waals surface area contributed by atoms with Crippen molar-refractivity contribution in [2.24, 2.45) is 0 Å². The highest BCUT2D eigenvalue weighted by molar-refractivity contribution is 6.06. The smallest absolute Gasteiger partial charge is 0.253 e. The van der Waals surface area contributed by atoms with Gasteiger partial charge in [0, 0.05) is 32.2 Å². The zero-order valence-corrected chi connectivity index (χ0v) is 17.2. The number of hydrogen-bond donors (Lipinski definition) is 2. The number of anilines is 1. The molecule has 1 saturated heterocycles. The number of para-hydroxylation sites is 1. The first-order valence-electron chi connectivity index (χ1n) is 10.4. The topological polar surface area (TPSA) is 80.3 Å². The number of carbonyl (C=O) groups is 2. The molecule has 4 rings (SSSR count). The Labute approximate surface area is 181 Å². The van der Waals surface area contributed by atoms with Crippen molar-refractivity contribution in [3.05, 3.63) is 95.8 Å². The molecule has 0 bridgehead atoms. The van der Waals surface area contributed by atoms with Crippen LogP contribution in [-0.2, 0) is 21.5 Å². The first kappa shape index (κ1) is 20.8. The predicted octanol–water partition coefficient (Wildman–Crippen LogP) is 3.70. The molecule has 0 radical (unpaired) electrons. The molecule has 1 aliphatic rings. The molecule has 0 aliphatic carbocycles.